The molecule has 0 spiro atoms. The molecule has 3 aromatic rings. The molecule has 2 aromatic heterocycles. The monoisotopic (exact) mass is 354 g/mol. The summed E-state index contributed by atoms with van der Waals surface area (Å²) in [7, 11) is 1.84. The number of nitrogens with one attached hydrogen (secondary N) is 1. The molecule has 0 aliphatic carbocycles. The van der Waals surface area contributed by atoms with Crippen molar-refractivity contribution in [2.75, 3.05) is 38.1 Å². The fourth-order valence-corrected chi connectivity index (χ4v) is 4.00. The third-order valence-electron chi connectivity index (χ3n) is 4.51. The molecule has 0 saturated carbocycles. The van der Waals surface area contributed by atoms with Crippen molar-refractivity contribution < 1.29 is 4.42 Å². The number of nitrogens with zero attached hydrogens (tertiary/aromatic N) is 3. The second kappa shape index (κ2) is 7.19. The second-order valence-corrected chi connectivity index (χ2v) is 7.00. The lowest BCUT2D eigenvalue weighted by Crippen LogP contribution is -2.52. The Balaban J connectivity index is 1.35. The minimum absolute atomic E-state index is 0.645. The summed E-state index contributed by atoms with van der Waals surface area (Å²) >= 11 is 1.80. The first-order valence-electron chi connectivity index (χ1n) is 8.55. The van der Waals surface area contributed by atoms with Gasteiger partial charge in [-0.05, 0) is 29.6 Å². The van der Waals surface area contributed by atoms with Gasteiger partial charge in [0, 0.05) is 38.6 Å². The van der Waals surface area contributed by atoms with Crippen LogP contribution in [0.4, 0.5) is 5.00 Å². The van der Waals surface area contributed by atoms with E-state index in [0.29, 0.717) is 6.54 Å². The summed E-state index contributed by atoms with van der Waals surface area (Å²) < 4.78 is 5.87. The van der Waals surface area contributed by atoms with E-state index >= 15 is 0 Å². The van der Waals surface area contributed by atoms with Gasteiger partial charge in [0.15, 0.2) is 5.96 Å². The Morgan fingerprint density at radius 3 is 2.72 bits per heavy atom. The number of para-hydroxylation sites is 1. The average molecular weight is 354 g/mol. The van der Waals surface area contributed by atoms with E-state index in [4.69, 9.17) is 4.42 Å². The fourth-order valence-electron chi connectivity index (χ4n) is 3.21. The van der Waals surface area contributed by atoms with Crippen molar-refractivity contribution >= 4 is 33.3 Å². The topological polar surface area (TPSA) is 44.0 Å². The molecule has 0 unspecified atom stereocenters. The number of guanidine groups is 1. The van der Waals surface area contributed by atoms with E-state index in [1.165, 1.54) is 5.00 Å². The summed E-state index contributed by atoms with van der Waals surface area (Å²) in [6.07, 6.45) is 0. The molecule has 1 fully saturated rings. The molecule has 4 rings (SSSR count). The summed E-state index contributed by atoms with van der Waals surface area (Å²) in [5.74, 6) is 1.87. The molecule has 1 aliphatic rings. The van der Waals surface area contributed by atoms with E-state index in [9.17, 15) is 0 Å². The maximum absolute atomic E-state index is 5.87. The highest BCUT2D eigenvalue weighted by molar-refractivity contribution is 7.14. The van der Waals surface area contributed by atoms with Crippen LogP contribution in [0.2, 0.25) is 0 Å². The fraction of sp³-hybridized carbons (Fsp3) is 0.316. The van der Waals surface area contributed by atoms with Crippen LogP contribution >= 0.6 is 11.3 Å². The number of piperazine rings is 1. The van der Waals surface area contributed by atoms with E-state index in [-0.39, 0.29) is 0 Å². The van der Waals surface area contributed by atoms with Crippen molar-refractivity contribution in [3.05, 3.63) is 53.6 Å². The zero-order chi connectivity index (χ0) is 17.1. The molecule has 25 heavy (non-hydrogen) atoms. The smallest absolute Gasteiger partial charge is 0.194 e. The maximum atomic E-state index is 5.87. The Labute approximate surface area is 151 Å². The summed E-state index contributed by atoms with van der Waals surface area (Å²) in [4.78, 5) is 9.19. The first-order valence-corrected chi connectivity index (χ1v) is 9.43. The lowest BCUT2D eigenvalue weighted by atomic mass is 10.2. The van der Waals surface area contributed by atoms with Gasteiger partial charge in [-0.2, -0.15) is 0 Å². The highest BCUT2D eigenvalue weighted by Gasteiger charge is 2.20. The van der Waals surface area contributed by atoms with Gasteiger partial charge >= 0.3 is 0 Å². The van der Waals surface area contributed by atoms with Crippen LogP contribution in [0.15, 0.2) is 57.3 Å². The van der Waals surface area contributed by atoms with Gasteiger partial charge in [-0.1, -0.05) is 18.2 Å². The Morgan fingerprint density at radius 2 is 2.00 bits per heavy atom. The minimum Gasteiger partial charge on any atom is -0.459 e. The first kappa shape index (κ1) is 16.0. The Kier molecular flexibility index (Phi) is 4.61. The highest BCUT2D eigenvalue weighted by Crippen LogP contribution is 2.22. The Hall–Kier alpha value is -2.47. The van der Waals surface area contributed by atoms with E-state index in [1.54, 1.807) is 11.3 Å². The Morgan fingerprint density at radius 1 is 1.16 bits per heavy atom. The van der Waals surface area contributed by atoms with Crippen LogP contribution in [0.5, 0.6) is 0 Å². The lowest BCUT2D eigenvalue weighted by Gasteiger charge is -2.36. The van der Waals surface area contributed by atoms with Crippen LogP contribution in [0.1, 0.15) is 5.76 Å². The Bertz CT molecular complexity index is 814. The summed E-state index contributed by atoms with van der Waals surface area (Å²) in [6, 6.07) is 14.5. The van der Waals surface area contributed by atoms with Gasteiger partial charge in [0.2, 0.25) is 0 Å². The minimum atomic E-state index is 0.645. The number of anilines is 1. The van der Waals surface area contributed by atoms with E-state index in [2.05, 4.69) is 49.8 Å². The second-order valence-electron chi connectivity index (χ2n) is 6.08. The number of rotatable bonds is 3. The van der Waals surface area contributed by atoms with Crippen molar-refractivity contribution in [1.29, 1.82) is 0 Å². The van der Waals surface area contributed by atoms with Crippen molar-refractivity contribution in [1.82, 2.24) is 10.2 Å². The quantitative estimate of drug-likeness (QED) is 0.578. The van der Waals surface area contributed by atoms with E-state index in [1.807, 2.05) is 25.2 Å². The van der Waals surface area contributed by atoms with Gasteiger partial charge in [-0.3, -0.25) is 4.99 Å². The lowest BCUT2D eigenvalue weighted by molar-refractivity contribution is 0.371. The third-order valence-corrected chi connectivity index (χ3v) is 5.44. The SMILES string of the molecule is CN=C(NCc1cc2ccccc2o1)N1CCN(c2cccs2)CC1. The standard InChI is InChI=1S/C19H22N4OS/c1-20-19(21-14-16-13-15-5-2-3-6-17(15)24-16)23-10-8-22(9-11-23)18-7-4-12-25-18/h2-7,12-13H,8-11,14H2,1H3,(H,20,21). The van der Waals surface area contributed by atoms with Crippen LogP contribution in [-0.2, 0) is 6.54 Å². The van der Waals surface area contributed by atoms with Crippen LogP contribution < -0.4 is 10.2 Å². The largest absolute Gasteiger partial charge is 0.459 e. The molecule has 1 saturated heterocycles. The first-order chi connectivity index (χ1) is 12.3. The molecule has 1 N–H and O–H groups in total. The normalized spacial score (nSPS) is 15.8. The molecular weight excluding hydrogens is 332 g/mol. The molecule has 130 valence electrons. The van der Waals surface area contributed by atoms with Gasteiger partial charge in [0.1, 0.15) is 11.3 Å². The number of aliphatic imine (C=N–C) groups is 1. The summed E-state index contributed by atoms with van der Waals surface area (Å²) in [6.45, 7) is 4.62. The molecule has 1 aromatic carbocycles. The van der Waals surface area contributed by atoms with Crippen LogP contribution in [-0.4, -0.2) is 44.1 Å². The predicted octanol–water partition coefficient (Wildman–Crippen LogP) is 3.39. The van der Waals surface area contributed by atoms with E-state index in [0.717, 1.165) is 48.9 Å². The van der Waals surface area contributed by atoms with Gasteiger partial charge in [-0.15, -0.1) is 11.3 Å². The number of hydrogen-bond acceptors (Lipinski definition) is 4. The third kappa shape index (κ3) is 3.49. The predicted molar refractivity (Wildman–Crippen MR) is 105 cm³/mol. The van der Waals surface area contributed by atoms with E-state index < -0.39 is 0 Å². The average Bonchev–Trinajstić information content (AvgIpc) is 3.32. The van der Waals surface area contributed by atoms with Gasteiger partial charge in [0.25, 0.3) is 0 Å². The van der Waals surface area contributed by atoms with Crippen LogP contribution in [0.3, 0.4) is 0 Å². The van der Waals surface area contributed by atoms with Crippen molar-refractivity contribution in [2.24, 2.45) is 4.99 Å². The molecule has 3 heterocycles. The molecule has 5 nitrogen and oxygen atoms in total. The number of thiophene rings is 1. The molecular formula is C19H22N4OS. The van der Waals surface area contributed by atoms with Gasteiger partial charge in [0.05, 0.1) is 11.5 Å². The van der Waals surface area contributed by atoms with Crippen molar-refractivity contribution in [2.45, 2.75) is 6.54 Å². The number of furan rings is 1. The molecule has 0 radical (unpaired) electrons. The number of fused-ring (bicyclic) bond motifs is 1. The molecule has 0 atom stereocenters. The molecule has 0 bridgehead atoms. The number of hydrogen-bond donors (Lipinski definition) is 1. The van der Waals surface area contributed by atoms with Crippen LogP contribution in [0.25, 0.3) is 11.0 Å². The van der Waals surface area contributed by atoms with Gasteiger partial charge in [-0.25, -0.2) is 0 Å². The molecule has 0 amide bonds. The van der Waals surface area contributed by atoms with Gasteiger partial charge < -0.3 is 19.5 Å². The molecule has 6 heteroatoms. The highest BCUT2D eigenvalue weighted by atomic mass is 32.1. The summed E-state index contributed by atoms with van der Waals surface area (Å²) in [5.41, 5.74) is 0.929. The number of benzene rings is 1. The zero-order valence-electron chi connectivity index (χ0n) is 14.3. The van der Waals surface area contributed by atoms with Crippen molar-refractivity contribution in [3.63, 3.8) is 0 Å². The summed E-state index contributed by atoms with van der Waals surface area (Å²) in [5, 5.41) is 8.06. The van der Waals surface area contributed by atoms with Crippen molar-refractivity contribution in [3.8, 4) is 0 Å². The zero-order valence-corrected chi connectivity index (χ0v) is 15.1. The molecule has 1 aliphatic heterocycles. The van der Waals surface area contributed by atoms with Crippen LogP contribution in [0, 0.1) is 0 Å². The maximum Gasteiger partial charge on any atom is 0.194 e.